The summed E-state index contributed by atoms with van der Waals surface area (Å²) in [5.41, 5.74) is 6.33. The first-order valence-corrected chi connectivity index (χ1v) is 6.58. The predicted molar refractivity (Wildman–Crippen MR) is 73.7 cm³/mol. The Labute approximate surface area is 107 Å². The van der Waals surface area contributed by atoms with E-state index >= 15 is 0 Å². The fourth-order valence-electron chi connectivity index (χ4n) is 1.63. The van der Waals surface area contributed by atoms with Crippen molar-refractivity contribution < 1.29 is 4.79 Å². The van der Waals surface area contributed by atoms with Crippen molar-refractivity contribution in [1.82, 2.24) is 5.32 Å². The molecule has 102 valence electrons. The summed E-state index contributed by atoms with van der Waals surface area (Å²) in [7, 11) is 0. The summed E-state index contributed by atoms with van der Waals surface area (Å²) in [5, 5.41) is 2.97. The SMILES string of the molecule is CCC(C)(C)CNC(=O)CC(N)CC(C)(C)C. The molecular weight excluding hydrogens is 212 g/mol. The summed E-state index contributed by atoms with van der Waals surface area (Å²) in [5.74, 6) is 0.0725. The number of carbonyl (C=O) groups excluding carboxylic acids is 1. The predicted octanol–water partition coefficient (Wildman–Crippen LogP) is 2.69. The van der Waals surface area contributed by atoms with E-state index in [4.69, 9.17) is 5.73 Å². The highest BCUT2D eigenvalue weighted by molar-refractivity contribution is 5.76. The molecule has 1 unspecified atom stereocenters. The van der Waals surface area contributed by atoms with Crippen molar-refractivity contribution in [2.24, 2.45) is 16.6 Å². The molecule has 0 rings (SSSR count). The van der Waals surface area contributed by atoms with Gasteiger partial charge in [-0.25, -0.2) is 0 Å². The Bertz CT molecular complexity index is 241. The van der Waals surface area contributed by atoms with E-state index in [0.717, 1.165) is 19.4 Å². The van der Waals surface area contributed by atoms with Gasteiger partial charge in [0.2, 0.25) is 5.91 Å². The lowest BCUT2D eigenvalue weighted by Gasteiger charge is -2.25. The Balaban J connectivity index is 3.95. The smallest absolute Gasteiger partial charge is 0.221 e. The molecule has 3 nitrogen and oxygen atoms in total. The summed E-state index contributed by atoms with van der Waals surface area (Å²) in [6.07, 6.45) is 2.36. The number of hydrogen-bond acceptors (Lipinski definition) is 2. The van der Waals surface area contributed by atoms with Gasteiger partial charge in [0.05, 0.1) is 0 Å². The third-order valence-corrected chi connectivity index (χ3v) is 3.04. The van der Waals surface area contributed by atoms with Crippen LogP contribution in [0.5, 0.6) is 0 Å². The number of hydrogen-bond donors (Lipinski definition) is 2. The molecule has 1 amide bonds. The van der Waals surface area contributed by atoms with E-state index in [1.165, 1.54) is 0 Å². The summed E-state index contributed by atoms with van der Waals surface area (Å²) in [6, 6.07) is -0.0419. The first-order chi connectivity index (χ1) is 7.56. The minimum atomic E-state index is -0.0419. The number of rotatable bonds is 6. The van der Waals surface area contributed by atoms with Crippen molar-refractivity contribution in [3.05, 3.63) is 0 Å². The van der Waals surface area contributed by atoms with Crippen LogP contribution in [-0.4, -0.2) is 18.5 Å². The molecule has 0 fully saturated rings. The fraction of sp³-hybridized carbons (Fsp3) is 0.929. The first-order valence-electron chi connectivity index (χ1n) is 6.58. The normalized spacial score (nSPS) is 14.5. The molecule has 0 bridgehead atoms. The average molecular weight is 242 g/mol. The molecule has 1 atom stereocenters. The Morgan fingerprint density at radius 1 is 1.24 bits per heavy atom. The van der Waals surface area contributed by atoms with Crippen LogP contribution in [0.2, 0.25) is 0 Å². The lowest BCUT2D eigenvalue weighted by atomic mass is 9.87. The third kappa shape index (κ3) is 9.16. The van der Waals surface area contributed by atoms with Crippen molar-refractivity contribution in [3.63, 3.8) is 0 Å². The van der Waals surface area contributed by atoms with Crippen LogP contribution < -0.4 is 11.1 Å². The maximum atomic E-state index is 11.7. The van der Waals surface area contributed by atoms with E-state index < -0.39 is 0 Å². The van der Waals surface area contributed by atoms with Crippen molar-refractivity contribution in [2.75, 3.05) is 6.54 Å². The van der Waals surface area contributed by atoms with Crippen molar-refractivity contribution in [1.29, 1.82) is 0 Å². The average Bonchev–Trinajstić information content (AvgIpc) is 2.12. The Morgan fingerprint density at radius 3 is 2.18 bits per heavy atom. The van der Waals surface area contributed by atoms with E-state index in [2.05, 4.69) is 46.9 Å². The zero-order valence-corrected chi connectivity index (χ0v) is 12.4. The molecule has 0 aromatic heterocycles. The van der Waals surface area contributed by atoms with Crippen molar-refractivity contribution in [2.45, 2.75) is 66.8 Å². The van der Waals surface area contributed by atoms with Crippen molar-refractivity contribution in [3.8, 4) is 0 Å². The number of carbonyl (C=O) groups is 1. The monoisotopic (exact) mass is 242 g/mol. The molecule has 3 N–H and O–H groups in total. The summed E-state index contributed by atoms with van der Waals surface area (Å²) in [4.78, 5) is 11.7. The van der Waals surface area contributed by atoms with Crippen LogP contribution in [0.1, 0.15) is 60.8 Å². The zero-order valence-electron chi connectivity index (χ0n) is 12.4. The van der Waals surface area contributed by atoms with E-state index in [-0.39, 0.29) is 22.8 Å². The van der Waals surface area contributed by atoms with Crippen LogP contribution in [0.15, 0.2) is 0 Å². The maximum Gasteiger partial charge on any atom is 0.221 e. The maximum absolute atomic E-state index is 11.7. The van der Waals surface area contributed by atoms with E-state index in [1.807, 2.05) is 0 Å². The molecule has 0 radical (unpaired) electrons. The molecule has 0 aliphatic heterocycles. The topological polar surface area (TPSA) is 55.1 Å². The van der Waals surface area contributed by atoms with Crippen LogP contribution >= 0.6 is 0 Å². The standard InChI is InChI=1S/C14H30N2O/c1-7-14(5,6)10-16-12(17)8-11(15)9-13(2,3)4/h11H,7-10,15H2,1-6H3,(H,16,17). The molecule has 0 saturated carbocycles. The molecule has 0 aliphatic carbocycles. The van der Waals surface area contributed by atoms with Crippen LogP contribution in [-0.2, 0) is 4.79 Å². The third-order valence-electron chi connectivity index (χ3n) is 3.04. The molecule has 0 spiro atoms. The largest absolute Gasteiger partial charge is 0.356 e. The fourth-order valence-corrected chi connectivity index (χ4v) is 1.63. The minimum absolute atomic E-state index is 0.0419. The molecule has 0 heterocycles. The second-order valence-corrected chi connectivity index (χ2v) is 7.02. The van der Waals surface area contributed by atoms with Gasteiger partial charge in [-0.1, -0.05) is 41.5 Å². The second-order valence-electron chi connectivity index (χ2n) is 7.02. The molecule has 3 heteroatoms. The summed E-state index contributed by atoms with van der Waals surface area (Å²) in [6.45, 7) is 13.6. The lowest BCUT2D eigenvalue weighted by molar-refractivity contribution is -0.122. The summed E-state index contributed by atoms with van der Waals surface area (Å²) >= 11 is 0. The van der Waals surface area contributed by atoms with Gasteiger partial charge in [-0.05, 0) is 23.7 Å². The highest BCUT2D eigenvalue weighted by atomic mass is 16.1. The van der Waals surface area contributed by atoms with E-state index in [9.17, 15) is 4.79 Å². The molecule has 0 saturated heterocycles. The van der Waals surface area contributed by atoms with Gasteiger partial charge in [-0.15, -0.1) is 0 Å². The second kappa shape index (κ2) is 6.39. The lowest BCUT2D eigenvalue weighted by Crippen LogP contribution is -2.38. The van der Waals surface area contributed by atoms with Crippen molar-refractivity contribution >= 4 is 5.91 Å². The zero-order chi connectivity index (χ0) is 13.7. The van der Waals surface area contributed by atoms with Gasteiger partial charge in [0, 0.05) is 19.0 Å². The minimum Gasteiger partial charge on any atom is -0.356 e. The summed E-state index contributed by atoms with van der Waals surface area (Å²) < 4.78 is 0. The molecule has 0 aromatic rings. The Hall–Kier alpha value is -0.570. The van der Waals surface area contributed by atoms with Gasteiger partial charge in [0.1, 0.15) is 0 Å². The van der Waals surface area contributed by atoms with E-state index in [0.29, 0.717) is 6.42 Å². The highest BCUT2D eigenvalue weighted by Crippen LogP contribution is 2.21. The van der Waals surface area contributed by atoms with E-state index in [1.54, 1.807) is 0 Å². The van der Waals surface area contributed by atoms with Crippen LogP contribution in [0, 0.1) is 10.8 Å². The molecule has 0 aromatic carbocycles. The van der Waals surface area contributed by atoms with Gasteiger partial charge in [0.15, 0.2) is 0 Å². The number of amides is 1. The van der Waals surface area contributed by atoms with Crippen LogP contribution in [0.3, 0.4) is 0 Å². The molecule has 0 aliphatic rings. The van der Waals surface area contributed by atoms with Gasteiger partial charge in [0.25, 0.3) is 0 Å². The highest BCUT2D eigenvalue weighted by Gasteiger charge is 2.20. The van der Waals surface area contributed by atoms with Gasteiger partial charge in [-0.3, -0.25) is 4.79 Å². The molecular formula is C14H30N2O. The number of nitrogens with two attached hydrogens (primary N) is 1. The van der Waals surface area contributed by atoms with Crippen LogP contribution in [0.4, 0.5) is 0 Å². The quantitative estimate of drug-likeness (QED) is 0.752. The molecule has 17 heavy (non-hydrogen) atoms. The Kier molecular flexibility index (Phi) is 6.17. The van der Waals surface area contributed by atoms with Crippen LogP contribution in [0.25, 0.3) is 0 Å². The first kappa shape index (κ1) is 16.4. The van der Waals surface area contributed by atoms with Gasteiger partial charge >= 0.3 is 0 Å². The Morgan fingerprint density at radius 2 is 1.76 bits per heavy atom. The van der Waals surface area contributed by atoms with Gasteiger partial charge < -0.3 is 11.1 Å². The van der Waals surface area contributed by atoms with Gasteiger partial charge in [-0.2, -0.15) is 0 Å². The number of nitrogens with one attached hydrogen (secondary N) is 1.